The maximum absolute atomic E-state index is 3.52. The molecule has 102 valence electrons. The van der Waals surface area contributed by atoms with Crippen LogP contribution in [-0.4, -0.2) is 12.3 Å². The fourth-order valence-electron chi connectivity index (χ4n) is 1.88. The highest BCUT2D eigenvalue weighted by Crippen LogP contribution is 2.23. The first-order valence-corrected chi connectivity index (χ1v) is 8.47. The van der Waals surface area contributed by atoms with Crippen molar-refractivity contribution in [3.05, 3.63) is 51.2 Å². The molecule has 2 rings (SSSR count). The van der Waals surface area contributed by atoms with Crippen LogP contribution in [0, 0.1) is 20.8 Å². The van der Waals surface area contributed by atoms with Crippen LogP contribution >= 0.6 is 23.1 Å². The average molecular weight is 291 g/mol. The minimum absolute atomic E-state index is 0.997. The molecule has 0 spiro atoms. The Morgan fingerprint density at radius 1 is 1.11 bits per heavy atom. The van der Waals surface area contributed by atoms with Crippen molar-refractivity contribution < 1.29 is 0 Å². The van der Waals surface area contributed by atoms with Crippen LogP contribution < -0.4 is 5.32 Å². The largest absolute Gasteiger partial charge is 0.311 e. The monoisotopic (exact) mass is 291 g/mol. The Kier molecular flexibility index (Phi) is 5.49. The van der Waals surface area contributed by atoms with Gasteiger partial charge in [-0.05, 0) is 49.4 Å². The zero-order valence-electron chi connectivity index (χ0n) is 11.8. The van der Waals surface area contributed by atoms with Gasteiger partial charge >= 0.3 is 0 Å². The topological polar surface area (TPSA) is 12.0 Å². The molecule has 0 unspecified atom stereocenters. The summed E-state index contributed by atoms with van der Waals surface area (Å²) < 4.78 is 0. The Morgan fingerprint density at radius 3 is 2.68 bits per heavy atom. The Morgan fingerprint density at radius 2 is 1.95 bits per heavy atom. The zero-order chi connectivity index (χ0) is 13.7. The highest BCUT2D eigenvalue weighted by molar-refractivity contribution is 7.99. The molecule has 0 aliphatic heterocycles. The molecule has 1 heterocycles. The standard InChI is InChI=1S/C16H21NS2/c1-12-4-5-13(2)15(10-12)19-9-7-17-11-16-14(3)6-8-18-16/h4-6,8,10,17H,7,9,11H2,1-3H3. The van der Waals surface area contributed by atoms with E-state index in [4.69, 9.17) is 0 Å². The maximum Gasteiger partial charge on any atom is 0.0302 e. The molecular weight excluding hydrogens is 270 g/mol. The number of aryl methyl sites for hydroxylation is 3. The van der Waals surface area contributed by atoms with Crippen molar-refractivity contribution in [3.8, 4) is 0 Å². The number of rotatable bonds is 6. The van der Waals surface area contributed by atoms with Gasteiger partial charge in [0.15, 0.2) is 0 Å². The molecule has 19 heavy (non-hydrogen) atoms. The molecular formula is C16H21NS2. The number of hydrogen-bond acceptors (Lipinski definition) is 3. The van der Waals surface area contributed by atoms with E-state index in [2.05, 4.69) is 55.7 Å². The maximum atomic E-state index is 3.52. The van der Waals surface area contributed by atoms with Crippen LogP contribution in [0.15, 0.2) is 34.5 Å². The molecule has 0 atom stereocenters. The SMILES string of the molecule is Cc1ccc(C)c(SCCNCc2sccc2C)c1. The fourth-order valence-corrected chi connectivity index (χ4v) is 3.79. The molecule has 0 radical (unpaired) electrons. The summed E-state index contributed by atoms with van der Waals surface area (Å²) in [6, 6.07) is 8.85. The highest BCUT2D eigenvalue weighted by atomic mass is 32.2. The first-order chi connectivity index (χ1) is 9.16. The molecule has 0 fully saturated rings. The molecule has 1 aromatic heterocycles. The van der Waals surface area contributed by atoms with E-state index in [-0.39, 0.29) is 0 Å². The second kappa shape index (κ2) is 7.13. The summed E-state index contributed by atoms with van der Waals surface area (Å²) in [5, 5.41) is 5.69. The molecule has 0 aliphatic rings. The van der Waals surface area contributed by atoms with Gasteiger partial charge in [-0.25, -0.2) is 0 Å². The predicted molar refractivity (Wildman–Crippen MR) is 87.4 cm³/mol. The lowest BCUT2D eigenvalue weighted by Gasteiger charge is -2.07. The van der Waals surface area contributed by atoms with Gasteiger partial charge in [-0.2, -0.15) is 0 Å². The van der Waals surface area contributed by atoms with Crippen LogP contribution in [0.2, 0.25) is 0 Å². The summed E-state index contributed by atoms with van der Waals surface area (Å²) in [7, 11) is 0. The Balaban J connectivity index is 1.72. The second-order valence-corrected chi connectivity index (χ2v) is 6.96. The summed E-state index contributed by atoms with van der Waals surface area (Å²) >= 11 is 3.78. The lowest BCUT2D eigenvalue weighted by molar-refractivity contribution is 0.738. The number of benzene rings is 1. The van der Waals surface area contributed by atoms with Crippen molar-refractivity contribution in [1.29, 1.82) is 0 Å². The van der Waals surface area contributed by atoms with Crippen LogP contribution in [0.25, 0.3) is 0 Å². The predicted octanol–water partition coefficient (Wildman–Crippen LogP) is 4.56. The smallest absolute Gasteiger partial charge is 0.0302 e. The van der Waals surface area contributed by atoms with Crippen molar-refractivity contribution >= 4 is 23.1 Å². The third kappa shape index (κ3) is 4.37. The quantitative estimate of drug-likeness (QED) is 0.619. The molecule has 3 heteroatoms. The lowest BCUT2D eigenvalue weighted by atomic mass is 10.2. The third-order valence-corrected chi connectivity index (χ3v) is 5.32. The fraction of sp³-hybridized carbons (Fsp3) is 0.375. The van der Waals surface area contributed by atoms with Gasteiger partial charge in [-0.3, -0.25) is 0 Å². The van der Waals surface area contributed by atoms with Gasteiger partial charge in [0.2, 0.25) is 0 Å². The van der Waals surface area contributed by atoms with Crippen molar-refractivity contribution in [2.45, 2.75) is 32.2 Å². The molecule has 2 aromatic rings. The summed E-state index contributed by atoms with van der Waals surface area (Å²) in [5.41, 5.74) is 4.12. The van der Waals surface area contributed by atoms with Crippen molar-refractivity contribution in [2.75, 3.05) is 12.3 Å². The number of hydrogen-bond donors (Lipinski definition) is 1. The van der Waals surface area contributed by atoms with Gasteiger partial charge in [0, 0.05) is 28.6 Å². The Labute approximate surface area is 124 Å². The second-order valence-electron chi connectivity index (χ2n) is 4.82. The molecule has 0 aliphatic carbocycles. The van der Waals surface area contributed by atoms with Crippen molar-refractivity contribution in [1.82, 2.24) is 5.32 Å². The highest BCUT2D eigenvalue weighted by Gasteiger charge is 2.01. The third-order valence-electron chi connectivity index (χ3n) is 3.13. The number of thioether (sulfide) groups is 1. The van der Waals surface area contributed by atoms with Crippen molar-refractivity contribution in [3.63, 3.8) is 0 Å². The summed E-state index contributed by atoms with van der Waals surface area (Å²) in [5.74, 6) is 1.12. The molecule has 0 bridgehead atoms. The average Bonchev–Trinajstić information content (AvgIpc) is 2.79. The van der Waals surface area contributed by atoms with E-state index < -0.39 is 0 Å². The van der Waals surface area contributed by atoms with Gasteiger partial charge in [-0.1, -0.05) is 17.7 Å². The van der Waals surface area contributed by atoms with E-state index in [1.807, 2.05) is 23.1 Å². The van der Waals surface area contributed by atoms with E-state index in [0.717, 1.165) is 18.8 Å². The van der Waals surface area contributed by atoms with E-state index in [1.165, 1.54) is 26.5 Å². The lowest BCUT2D eigenvalue weighted by Crippen LogP contribution is -2.16. The summed E-state index contributed by atoms with van der Waals surface area (Å²) in [6.07, 6.45) is 0. The zero-order valence-corrected chi connectivity index (χ0v) is 13.5. The van der Waals surface area contributed by atoms with Crippen LogP contribution in [0.3, 0.4) is 0 Å². The molecule has 1 nitrogen and oxygen atoms in total. The molecule has 0 amide bonds. The van der Waals surface area contributed by atoms with Crippen LogP contribution in [0.4, 0.5) is 0 Å². The summed E-state index contributed by atoms with van der Waals surface area (Å²) in [6.45, 7) is 8.57. The van der Waals surface area contributed by atoms with Crippen LogP contribution in [0.1, 0.15) is 21.6 Å². The van der Waals surface area contributed by atoms with Gasteiger partial charge in [0.25, 0.3) is 0 Å². The van der Waals surface area contributed by atoms with E-state index in [1.54, 1.807) is 0 Å². The van der Waals surface area contributed by atoms with Crippen LogP contribution in [0.5, 0.6) is 0 Å². The minimum Gasteiger partial charge on any atom is -0.311 e. The minimum atomic E-state index is 0.997. The van der Waals surface area contributed by atoms with E-state index >= 15 is 0 Å². The molecule has 1 aromatic carbocycles. The number of thiophene rings is 1. The van der Waals surface area contributed by atoms with Gasteiger partial charge in [0.05, 0.1) is 0 Å². The van der Waals surface area contributed by atoms with Gasteiger partial charge < -0.3 is 5.32 Å². The first-order valence-electron chi connectivity index (χ1n) is 6.60. The van der Waals surface area contributed by atoms with Gasteiger partial charge in [-0.15, -0.1) is 23.1 Å². The Hall–Kier alpha value is -0.770. The number of nitrogens with one attached hydrogen (secondary N) is 1. The van der Waals surface area contributed by atoms with Gasteiger partial charge in [0.1, 0.15) is 0 Å². The first kappa shape index (κ1) is 14.6. The summed E-state index contributed by atoms with van der Waals surface area (Å²) in [4.78, 5) is 2.87. The van der Waals surface area contributed by atoms with E-state index in [9.17, 15) is 0 Å². The van der Waals surface area contributed by atoms with Crippen LogP contribution in [-0.2, 0) is 6.54 Å². The molecule has 0 saturated heterocycles. The van der Waals surface area contributed by atoms with Crippen molar-refractivity contribution in [2.24, 2.45) is 0 Å². The van der Waals surface area contributed by atoms with E-state index in [0.29, 0.717) is 0 Å². The molecule has 1 N–H and O–H groups in total. The molecule has 0 saturated carbocycles. The normalized spacial score (nSPS) is 10.9. The Bertz CT molecular complexity index is 531.